The van der Waals surface area contributed by atoms with Crippen molar-refractivity contribution in [1.82, 2.24) is 10.6 Å². The molecule has 0 aromatic heterocycles. The van der Waals surface area contributed by atoms with Crippen molar-refractivity contribution in [3.8, 4) is 0 Å². The van der Waals surface area contributed by atoms with E-state index in [4.69, 9.17) is 4.74 Å². The van der Waals surface area contributed by atoms with Crippen LogP contribution in [-0.4, -0.2) is 38.3 Å². The number of morpholine rings is 1. The first kappa shape index (κ1) is 13.1. The second-order valence-corrected chi connectivity index (χ2v) is 4.65. The van der Waals surface area contributed by atoms with Crippen LogP contribution in [0.15, 0.2) is 18.2 Å². The van der Waals surface area contributed by atoms with Gasteiger partial charge in [-0.25, -0.2) is 0 Å². The second kappa shape index (κ2) is 5.98. The second-order valence-electron chi connectivity index (χ2n) is 4.65. The molecule has 1 aliphatic heterocycles. The molecule has 4 heteroatoms. The van der Waals surface area contributed by atoms with Gasteiger partial charge in [0.2, 0.25) is 0 Å². The van der Waals surface area contributed by atoms with Crippen molar-refractivity contribution in [2.24, 2.45) is 0 Å². The molecule has 2 rings (SSSR count). The number of amides is 1. The maximum Gasteiger partial charge on any atom is 0.251 e. The molecule has 18 heavy (non-hydrogen) atoms. The van der Waals surface area contributed by atoms with Gasteiger partial charge in [0, 0.05) is 25.2 Å². The summed E-state index contributed by atoms with van der Waals surface area (Å²) in [6.07, 6.45) is 0.0767. The lowest BCUT2D eigenvalue weighted by atomic mass is 10.0. The lowest BCUT2D eigenvalue weighted by molar-refractivity contribution is 0.0287. The minimum absolute atomic E-state index is 0.0228. The van der Waals surface area contributed by atoms with Gasteiger partial charge in [-0.05, 0) is 31.0 Å². The molecule has 4 nitrogen and oxygen atoms in total. The largest absolute Gasteiger partial charge is 0.374 e. The van der Waals surface area contributed by atoms with Crippen LogP contribution in [0, 0.1) is 13.8 Å². The normalized spacial score (nSPS) is 19.6. The van der Waals surface area contributed by atoms with E-state index in [-0.39, 0.29) is 12.0 Å². The summed E-state index contributed by atoms with van der Waals surface area (Å²) in [5.41, 5.74) is 2.93. The highest BCUT2D eigenvalue weighted by Gasteiger charge is 2.15. The van der Waals surface area contributed by atoms with E-state index >= 15 is 0 Å². The van der Waals surface area contributed by atoms with Crippen molar-refractivity contribution in [2.45, 2.75) is 20.0 Å². The minimum Gasteiger partial charge on any atom is -0.374 e. The van der Waals surface area contributed by atoms with Crippen LogP contribution < -0.4 is 10.6 Å². The molecule has 98 valence electrons. The molecule has 1 aromatic rings. The Kier molecular flexibility index (Phi) is 4.33. The van der Waals surface area contributed by atoms with Gasteiger partial charge >= 0.3 is 0 Å². The van der Waals surface area contributed by atoms with Gasteiger partial charge in [-0.2, -0.15) is 0 Å². The van der Waals surface area contributed by atoms with Gasteiger partial charge in [-0.15, -0.1) is 0 Å². The third-order valence-corrected chi connectivity index (χ3v) is 3.34. The smallest absolute Gasteiger partial charge is 0.251 e. The van der Waals surface area contributed by atoms with Gasteiger partial charge in [0.05, 0.1) is 12.7 Å². The Morgan fingerprint density at radius 2 is 2.33 bits per heavy atom. The lowest BCUT2D eigenvalue weighted by Gasteiger charge is -2.23. The maximum absolute atomic E-state index is 12.1. The molecular weight excluding hydrogens is 228 g/mol. The Labute approximate surface area is 108 Å². The molecule has 1 heterocycles. The Morgan fingerprint density at radius 1 is 1.50 bits per heavy atom. The standard InChI is InChI=1S/C14H20N2O2/c1-10-4-3-5-13(11(10)2)14(17)16-9-12-8-15-6-7-18-12/h3-5,12,15H,6-9H2,1-2H3,(H,16,17). The number of carbonyl (C=O) groups is 1. The van der Waals surface area contributed by atoms with Crippen LogP contribution >= 0.6 is 0 Å². The fourth-order valence-corrected chi connectivity index (χ4v) is 2.05. The summed E-state index contributed by atoms with van der Waals surface area (Å²) in [5.74, 6) is -0.0228. The van der Waals surface area contributed by atoms with E-state index in [0.717, 1.165) is 29.8 Å². The zero-order valence-corrected chi connectivity index (χ0v) is 11.0. The first-order valence-electron chi connectivity index (χ1n) is 6.35. The highest BCUT2D eigenvalue weighted by molar-refractivity contribution is 5.95. The van der Waals surface area contributed by atoms with Crippen LogP contribution in [0.1, 0.15) is 21.5 Å². The average molecular weight is 248 g/mol. The number of aryl methyl sites for hydroxylation is 1. The van der Waals surface area contributed by atoms with Crippen molar-refractivity contribution in [2.75, 3.05) is 26.2 Å². The molecule has 1 unspecified atom stereocenters. The minimum atomic E-state index is -0.0228. The summed E-state index contributed by atoms with van der Waals surface area (Å²) in [6, 6.07) is 5.79. The Balaban J connectivity index is 1.93. The summed E-state index contributed by atoms with van der Waals surface area (Å²) in [5, 5.41) is 6.18. The summed E-state index contributed by atoms with van der Waals surface area (Å²) in [7, 11) is 0. The third kappa shape index (κ3) is 3.09. The highest BCUT2D eigenvalue weighted by atomic mass is 16.5. The molecule has 1 aromatic carbocycles. The van der Waals surface area contributed by atoms with Gasteiger partial charge in [0.15, 0.2) is 0 Å². The average Bonchev–Trinajstić information content (AvgIpc) is 2.40. The van der Waals surface area contributed by atoms with E-state index in [9.17, 15) is 4.79 Å². The van der Waals surface area contributed by atoms with Gasteiger partial charge in [0.1, 0.15) is 0 Å². The Bertz CT molecular complexity index is 426. The molecule has 0 bridgehead atoms. The predicted molar refractivity (Wildman–Crippen MR) is 70.9 cm³/mol. The van der Waals surface area contributed by atoms with Crippen LogP contribution in [0.25, 0.3) is 0 Å². The number of rotatable bonds is 3. The molecule has 0 spiro atoms. The van der Waals surface area contributed by atoms with E-state index in [0.29, 0.717) is 13.2 Å². The van der Waals surface area contributed by atoms with Crippen molar-refractivity contribution < 1.29 is 9.53 Å². The van der Waals surface area contributed by atoms with Gasteiger partial charge in [-0.3, -0.25) is 4.79 Å². The van der Waals surface area contributed by atoms with E-state index < -0.39 is 0 Å². The van der Waals surface area contributed by atoms with E-state index in [1.165, 1.54) is 0 Å². The number of hydrogen-bond acceptors (Lipinski definition) is 3. The zero-order chi connectivity index (χ0) is 13.0. The Morgan fingerprint density at radius 3 is 3.06 bits per heavy atom. The SMILES string of the molecule is Cc1cccc(C(=O)NCC2CNCCO2)c1C. The number of nitrogens with one attached hydrogen (secondary N) is 2. The van der Waals surface area contributed by atoms with Gasteiger partial charge in [0.25, 0.3) is 5.91 Å². The van der Waals surface area contributed by atoms with E-state index in [2.05, 4.69) is 10.6 Å². The number of carbonyl (C=O) groups excluding carboxylic acids is 1. The summed E-state index contributed by atoms with van der Waals surface area (Å²) >= 11 is 0. The fraction of sp³-hybridized carbons (Fsp3) is 0.500. The lowest BCUT2D eigenvalue weighted by Crippen LogP contribution is -2.45. The van der Waals surface area contributed by atoms with Crippen LogP contribution in [0.5, 0.6) is 0 Å². The van der Waals surface area contributed by atoms with E-state index in [1.807, 2.05) is 32.0 Å². The zero-order valence-electron chi connectivity index (χ0n) is 11.0. The van der Waals surface area contributed by atoms with Crippen LogP contribution in [0.3, 0.4) is 0 Å². The highest BCUT2D eigenvalue weighted by Crippen LogP contribution is 2.12. The molecule has 0 aliphatic carbocycles. The molecule has 1 fully saturated rings. The summed E-state index contributed by atoms with van der Waals surface area (Å²) in [4.78, 5) is 12.1. The summed E-state index contributed by atoms with van der Waals surface area (Å²) < 4.78 is 5.54. The first-order valence-corrected chi connectivity index (χ1v) is 6.35. The monoisotopic (exact) mass is 248 g/mol. The first-order chi connectivity index (χ1) is 8.68. The third-order valence-electron chi connectivity index (χ3n) is 3.34. The number of hydrogen-bond donors (Lipinski definition) is 2. The molecule has 1 atom stereocenters. The summed E-state index contributed by atoms with van der Waals surface area (Å²) in [6.45, 7) is 6.95. The molecule has 0 saturated carbocycles. The van der Waals surface area contributed by atoms with Crippen molar-refractivity contribution in [1.29, 1.82) is 0 Å². The van der Waals surface area contributed by atoms with Gasteiger partial charge in [-0.1, -0.05) is 12.1 Å². The van der Waals surface area contributed by atoms with Crippen LogP contribution in [-0.2, 0) is 4.74 Å². The number of ether oxygens (including phenoxy) is 1. The predicted octanol–water partition coefficient (Wildman–Crippen LogP) is 1.02. The topological polar surface area (TPSA) is 50.4 Å². The molecule has 0 radical (unpaired) electrons. The molecule has 1 saturated heterocycles. The molecule has 1 aliphatic rings. The number of benzene rings is 1. The molecular formula is C14H20N2O2. The Hall–Kier alpha value is -1.39. The van der Waals surface area contributed by atoms with Crippen molar-refractivity contribution in [3.05, 3.63) is 34.9 Å². The van der Waals surface area contributed by atoms with Crippen LogP contribution in [0.4, 0.5) is 0 Å². The quantitative estimate of drug-likeness (QED) is 0.839. The molecule has 1 amide bonds. The van der Waals surface area contributed by atoms with Crippen molar-refractivity contribution in [3.63, 3.8) is 0 Å². The molecule has 2 N–H and O–H groups in total. The fourth-order valence-electron chi connectivity index (χ4n) is 2.05. The van der Waals surface area contributed by atoms with Crippen LogP contribution in [0.2, 0.25) is 0 Å². The van der Waals surface area contributed by atoms with Crippen molar-refractivity contribution >= 4 is 5.91 Å². The van der Waals surface area contributed by atoms with Gasteiger partial charge < -0.3 is 15.4 Å². The maximum atomic E-state index is 12.1. The van der Waals surface area contributed by atoms with E-state index in [1.54, 1.807) is 0 Å².